The molecular formula is C34H32FN5O4. The van der Waals surface area contributed by atoms with Gasteiger partial charge in [0.2, 0.25) is 5.90 Å². The Bertz CT molecular complexity index is 1640. The van der Waals surface area contributed by atoms with Gasteiger partial charge in [0.05, 0.1) is 13.2 Å². The number of nitrogens with one attached hydrogen (secondary N) is 1. The van der Waals surface area contributed by atoms with Crippen LogP contribution in [-0.2, 0) is 29.0 Å². The predicted molar refractivity (Wildman–Crippen MR) is 164 cm³/mol. The van der Waals surface area contributed by atoms with Crippen molar-refractivity contribution in [2.24, 2.45) is 10.1 Å². The minimum Gasteiger partial charge on any atom is -0.494 e. The molecule has 5 rings (SSSR count). The van der Waals surface area contributed by atoms with Crippen LogP contribution in [0.1, 0.15) is 40.3 Å². The number of amides is 1. The fourth-order valence-electron chi connectivity index (χ4n) is 5.13. The van der Waals surface area contributed by atoms with E-state index in [0.29, 0.717) is 30.2 Å². The van der Waals surface area contributed by atoms with Gasteiger partial charge in [0, 0.05) is 36.5 Å². The number of aliphatic imine (C=N–C) groups is 1. The van der Waals surface area contributed by atoms with Crippen LogP contribution in [0.5, 0.6) is 5.75 Å². The summed E-state index contributed by atoms with van der Waals surface area (Å²) in [5.74, 6) is 0.203. The van der Waals surface area contributed by atoms with Crippen LogP contribution in [0.4, 0.5) is 4.39 Å². The third-order valence-corrected chi connectivity index (χ3v) is 7.38. The normalized spacial score (nSPS) is 17.2. The van der Waals surface area contributed by atoms with Crippen LogP contribution in [0.2, 0.25) is 0 Å². The van der Waals surface area contributed by atoms with Gasteiger partial charge >= 0.3 is 0 Å². The summed E-state index contributed by atoms with van der Waals surface area (Å²) in [6.45, 7) is 0.704. The molecule has 1 amide bonds. The lowest BCUT2D eigenvalue weighted by Crippen LogP contribution is -2.49. The first-order valence-electron chi connectivity index (χ1n) is 14.3. The second-order valence-electron chi connectivity index (χ2n) is 10.3. The van der Waals surface area contributed by atoms with Gasteiger partial charge in [-0.3, -0.25) is 4.79 Å². The predicted octanol–water partition coefficient (Wildman–Crippen LogP) is 6.21. The fourth-order valence-corrected chi connectivity index (χ4v) is 5.13. The average Bonchev–Trinajstić information content (AvgIpc) is 3.45. The highest BCUT2D eigenvalue weighted by Gasteiger charge is 2.53. The third kappa shape index (κ3) is 7.06. The number of nitrogens with zero attached hydrogens (tertiary/aromatic N) is 4. The zero-order chi connectivity index (χ0) is 30.8. The lowest BCUT2D eigenvalue weighted by Gasteiger charge is -2.31. The molecule has 10 heteroatoms. The molecule has 0 aromatic heterocycles. The highest BCUT2D eigenvalue weighted by Crippen LogP contribution is 2.43. The van der Waals surface area contributed by atoms with Crippen molar-refractivity contribution in [3.63, 3.8) is 0 Å². The number of carbonyl (C=O) groups is 1. The molecule has 4 aromatic carbocycles. The molecule has 1 aliphatic heterocycles. The molecule has 0 spiro atoms. The number of carbonyl (C=O) groups excluding carboxylic acids is 1. The van der Waals surface area contributed by atoms with Crippen LogP contribution in [0.25, 0.3) is 10.4 Å². The molecule has 1 aliphatic rings. The molecule has 0 unspecified atom stereocenters. The van der Waals surface area contributed by atoms with Crippen molar-refractivity contribution in [3.8, 4) is 5.75 Å². The van der Waals surface area contributed by atoms with Gasteiger partial charge < -0.3 is 19.9 Å². The number of ether oxygens (including phenoxy) is 2. The Morgan fingerprint density at radius 3 is 2.41 bits per heavy atom. The molecule has 0 saturated heterocycles. The van der Waals surface area contributed by atoms with Gasteiger partial charge in [-0.05, 0) is 64.2 Å². The molecule has 2 atom stereocenters. The second kappa shape index (κ2) is 14.3. The lowest BCUT2D eigenvalue weighted by atomic mass is 9.81. The topological polar surface area (TPSA) is 129 Å². The maximum Gasteiger partial charge on any atom is 0.252 e. The molecule has 0 fully saturated rings. The maximum absolute atomic E-state index is 14.4. The van der Waals surface area contributed by atoms with Crippen LogP contribution in [0, 0.1) is 5.82 Å². The highest BCUT2D eigenvalue weighted by atomic mass is 19.1. The number of azide groups is 1. The smallest absolute Gasteiger partial charge is 0.252 e. The van der Waals surface area contributed by atoms with E-state index in [9.17, 15) is 9.18 Å². The zero-order valence-electron chi connectivity index (χ0n) is 24.0. The van der Waals surface area contributed by atoms with Gasteiger partial charge in [-0.2, -0.15) is 0 Å². The third-order valence-electron chi connectivity index (χ3n) is 7.38. The fraction of sp³-hybridized carbons (Fsp3) is 0.235. The Hall–Kier alpha value is -5.18. The molecule has 0 saturated carbocycles. The first kappa shape index (κ1) is 30.3. The number of benzene rings is 4. The number of rotatable bonds is 13. The van der Waals surface area contributed by atoms with E-state index >= 15 is 0 Å². The van der Waals surface area contributed by atoms with Gasteiger partial charge in [-0.25, -0.2) is 9.38 Å². The number of hydrogen-bond acceptors (Lipinski definition) is 6. The summed E-state index contributed by atoms with van der Waals surface area (Å²) >= 11 is 0. The molecule has 0 bridgehead atoms. The molecular weight excluding hydrogens is 561 g/mol. The van der Waals surface area contributed by atoms with E-state index in [4.69, 9.17) is 25.1 Å². The summed E-state index contributed by atoms with van der Waals surface area (Å²) in [5, 5.41) is 15.8. The summed E-state index contributed by atoms with van der Waals surface area (Å²) in [7, 11) is 0. The monoisotopic (exact) mass is 593 g/mol. The van der Waals surface area contributed by atoms with Crippen molar-refractivity contribution in [2.75, 3.05) is 13.2 Å². The molecule has 0 aliphatic carbocycles. The van der Waals surface area contributed by atoms with Crippen molar-refractivity contribution in [1.82, 2.24) is 5.32 Å². The molecule has 0 radical (unpaired) electrons. The number of aliphatic hydroxyl groups excluding tert-OH is 1. The Kier molecular flexibility index (Phi) is 9.86. The van der Waals surface area contributed by atoms with Gasteiger partial charge in [0.25, 0.3) is 5.91 Å². The van der Waals surface area contributed by atoms with E-state index in [1.54, 1.807) is 24.3 Å². The molecule has 4 aromatic rings. The standard InChI is InChI=1S/C34H32FN5O4/c35-29-15-11-24(12-16-29)22-37-33(42)34(21-27-9-4-5-10-28(27)23-38-40-36)31(25-7-2-1-3-8-25)44-32(39-34)26-13-17-30(18-14-26)43-20-6-19-41/h1-5,7-18,31,41H,6,19-23H2,(H,37,42)/t31-,34-/m1/s1. The number of aliphatic hydroxyl groups is 1. The molecule has 44 heavy (non-hydrogen) atoms. The van der Waals surface area contributed by atoms with Crippen molar-refractivity contribution in [1.29, 1.82) is 0 Å². The number of halogens is 1. The first-order valence-corrected chi connectivity index (χ1v) is 14.3. The van der Waals surface area contributed by atoms with Gasteiger partial charge in [0.15, 0.2) is 11.6 Å². The summed E-state index contributed by atoms with van der Waals surface area (Å²) in [6.07, 6.45) is -0.113. The summed E-state index contributed by atoms with van der Waals surface area (Å²) in [5.41, 5.74) is 11.3. The van der Waals surface area contributed by atoms with Crippen molar-refractivity contribution in [2.45, 2.75) is 37.6 Å². The minimum absolute atomic E-state index is 0.0426. The molecule has 2 N–H and O–H groups in total. The van der Waals surface area contributed by atoms with Gasteiger partial charge in [-0.15, -0.1) is 0 Å². The van der Waals surface area contributed by atoms with Crippen LogP contribution in [-0.4, -0.2) is 35.7 Å². The van der Waals surface area contributed by atoms with Crippen molar-refractivity contribution < 1.29 is 23.8 Å². The lowest BCUT2D eigenvalue weighted by molar-refractivity contribution is -0.129. The van der Waals surface area contributed by atoms with E-state index in [-0.39, 0.29) is 37.8 Å². The van der Waals surface area contributed by atoms with Crippen molar-refractivity contribution >= 4 is 11.8 Å². The molecule has 1 heterocycles. The van der Waals surface area contributed by atoms with E-state index in [0.717, 1.165) is 22.3 Å². The second-order valence-corrected chi connectivity index (χ2v) is 10.3. The van der Waals surface area contributed by atoms with E-state index in [1.807, 2.05) is 66.7 Å². The largest absolute Gasteiger partial charge is 0.494 e. The Morgan fingerprint density at radius 1 is 1.00 bits per heavy atom. The first-order chi connectivity index (χ1) is 21.5. The minimum atomic E-state index is -1.44. The van der Waals surface area contributed by atoms with Crippen LogP contribution < -0.4 is 10.1 Å². The maximum atomic E-state index is 14.4. The molecule has 9 nitrogen and oxygen atoms in total. The summed E-state index contributed by atoms with van der Waals surface area (Å²) < 4.78 is 25.8. The van der Waals surface area contributed by atoms with Crippen LogP contribution in [0.3, 0.4) is 0 Å². The van der Waals surface area contributed by atoms with Gasteiger partial charge in [0.1, 0.15) is 11.6 Å². The van der Waals surface area contributed by atoms with E-state index in [1.165, 1.54) is 12.1 Å². The Balaban J connectivity index is 1.57. The van der Waals surface area contributed by atoms with Crippen LogP contribution >= 0.6 is 0 Å². The Morgan fingerprint density at radius 2 is 1.70 bits per heavy atom. The highest BCUT2D eigenvalue weighted by molar-refractivity contribution is 6.01. The van der Waals surface area contributed by atoms with E-state index in [2.05, 4.69) is 15.3 Å². The number of hydrogen-bond donors (Lipinski definition) is 2. The van der Waals surface area contributed by atoms with Gasteiger partial charge in [-0.1, -0.05) is 71.8 Å². The average molecular weight is 594 g/mol. The quantitative estimate of drug-likeness (QED) is 0.0826. The van der Waals surface area contributed by atoms with Crippen molar-refractivity contribution in [3.05, 3.63) is 147 Å². The SMILES string of the molecule is [N-]=[N+]=NCc1ccccc1C[C@@]1(C(=O)NCc2ccc(F)cc2)N=C(c2ccc(OCCCO)cc2)O[C@@H]1c1ccccc1. The molecule has 224 valence electrons. The van der Waals surface area contributed by atoms with E-state index < -0.39 is 11.6 Å². The summed E-state index contributed by atoms with van der Waals surface area (Å²) in [6, 6.07) is 30.1. The Labute approximate surface area is 254 Å². The zero-order valence-corrected chi connectivity index (χ0v) is 24.0. The summed E-state index contributed by atoms with van der Waals surface area (Å²) in [4.78, 5) is 22.4. The van der Waals surface area contributed by atoms with Crippen LogP contribution in [0.15, 0.2) is 113 Å².